The third-order valence-electron chi connectivity index (χ3n) is 4.01. The second-order valence-electron chi connectivity index (χ2n) is 7.30. The van der Waals surface area contributed by atoms with Crippen molar-refractivity contribution in [1.29, 1.82) is 0 Å². The van der Waals surface area contributed by atoms with Crippen molar-refractivity contribution >= 4 is 34.5 Å². The van der Waals surface area contributed by atoms with Crippen LogP contribution in [0.2, 0.25) is 5.02 Å². The summed E-state index contributed by atoms with van der Waals surface area (Å²) < 4.78 is 5.26. The number of rotatable bonds is 2. The van der Waals surface area contributed by atoms with E-state index in [1.807, 2.05) is 32.9 Å². The summed E-state index contributed by atoms with van der Waals surface area (Å²) >= 11 is 5.99. The molecule has 0 aliphatic carbocycles. The number of ether oxygens (including phenoxy) is 1. The molecule has 1 atom stereocenters. The molecule has 7 heteroatoms. The van der Waals surface area contributed by atoms with Crippen molar-refractivity contribution in [2.24, 2.45) is 0 Å². The van der Waals surface area contributed by atoms with Crippen molar-refractivity contribution < 1.29 is 14.3 Å². The van der Waals surface area contributed by atoms with Crippen molar-refractivity contribution in [2.45, 2.75) is 38.8 Å². The molecular formula is C18H22ClN3O3. The third-order valence-corrected chi connectivity index (χ3v) is 4.24. The van der Waals surface area contributed by atoms with Crippen LogP contribution in [0.25, 0.3) is 10.9 Å². The van der Waals surface area contributed by atoms with E-state index < -0.39 is 11.7 Å². The number of benzene rings is 1. The number of aromatic amines is 1. The Hall–Kier alpha value is -2.21. The summed E-state index contributed by atoms with van der Waals surface area (Å²) in [5, 5.41) is 4.36. The zero-order valence-corrected chi connectivity index (χ0v) is 15.3. The first-order valence-electron chi connectivity index (χ1n) is 8.28. The fraction of sp³-hybridized carbons (Fsp3) is 0.444. The lowest BCUT2D eigenvalue weighted by Gasteiger charge is -2.22. The summed E-state index contributed by atoms with van der Waals surface area (Å²) in [5.74, 6) is -0.0826. The smallest absolute Gasteiger partial charge is 0.407 e. The van der Waals surface area contributed by atoms with Gasteiger partial charge in [0.05, 0.1) is 6.04 Å². The molecule has 1 saturated heterocycles. The number of hydrogen-bond donors (Lipinski definition) is 2. The molecule has 134 valence electrons. The Morgan fingerprint density at radius 3 is 2.80 bits per heavy atom. The normalized spacial score (nSPS) is 17.8. The fourth-order valence-corrected chi connectivity index (χ4v) is 3.11. The first kappa shape index (κ1) is 17.6. The van der Waals surface area contributed by atoms with E-state index >= 15 is 0 Å². The van der Waals surface area contributed by atoms with Gasteiger partial charge in [-0.1, -0.05) is 11.6 Å². The van der Waals surface area contributed by atoms with Crippen molar-refractivity contribution in [3.05, 3.63) is 35.0 Å². The molecule has 2 N–H and O–H groups in total. The summed E-state index contributed by atoms with van der Waals surface area (Å²) in [5.41, 5.74) is 0.856. The molecular weight excluding hydrogens is 342 g/mol. The predicted molar refractivity (Wildman–Crippen MR) is 97.0 cm³/mol. The standard InChI is InChI=1S/C18H22ClN3O3/c1-18(2,3)25-17(24)20-13-6-7-22(10-13)16(23)15-9-11-8-12(19)4-5-14(11)21-15/h4-5,8-9,13,21H,6-7,10H2,1-3H3,(H,20,24)/t13-/m1/s1. The molecule has 0 bridgehead atoms. The van der Waals surface area contributed by atoms with Crippen LogP contribution in [0.15, 0.2) is 24.3 Å². The molecule has 1 aliphatic rings. The van der Waals surface area contributed by atoms with Crippen LogP contribution >= 0.6 is 11.6 Å². The van der Waals surface area contributed by atoms with E-state index in [0.717, 1.165) is 10.9 Å². The molecule has 1 aliphatic heterocycles. The summed E-state index contributed by atoms with van der Waals surface area (Å²) in [4.78, 5) is 29.4. The minimum Gasteiger partial charge on any atom is -0.444 e. The molecule has 2 amide bonds. The highest BCUT2D eigenvalue weighted by Crippen LogP contribution is 2.22. The van der Waals surface area contributed by atoms with E-state index in [-0.39, 0.29) is 11.9 Å². The Balaban J connectivity index is 1.62. The number of fused-ring (bicyclic) bond motifs is 1. The van der Waals surface area contributed by atoms with Gasteiger partial charge in [0.15, 0.2) is 0 Å². The first-order chi connectivity index (χ1) is 11.7. The largest absolute Gasteiger partial charge is 0.444 e. The molecule has 3 rings (SSSR count). The average Bonchev–Trinajstić information content (AvgIpc) is 3.10. The maximum absolute atomic E-state index is 12.7. The van der Waals surface area contributed by atoms with Crippen molar-refractivity contribution in [2.75, 3.05) is 13.1 Å². The minimum atomic E-state index is -0.538. The van der Waals surface area contributed by atoms with Gasteiger partial charge < -0.3 is 19.9 Å². The lowest BCUT2D eigenvalue weighted by atomic mass is 10.2. The number of carbonyl (C=O) groups is 2. The molecule has 0 spiro atoms. The van der Waals surface area contributed by atoms with E-state index in [0.29, 0.717) is 30.2 Å². The van der Waals surface area contributed by atoms with Crippen LogP contribution in [0.1, 0.15) is 37.7 Å². The molecule has 6 nitrogen and oxygen atoms in total. The van der Waals surface area contributed by atoms with Gasteiger partial charge in [0.1, 0.15) is 11.3 Å². The maximum Gasteiger partial charge on any atom is 0.407 e. The Morgan fingerprint density at radius 2 is 2.08 bits per heavy atom. The number of alkyl carbamates (subject to hydrolysis) is 1. The maximum atomic E-state index is 12.7. The number of hydrogen-bond acceptors (Lipinski definition) is 3. The Bertz CT molecular complexity index is 809. The van der Waals surface area contributed by atoms with Crippen LogP contribution in [-0.4, -0.2) is 46.6 Å². The minimum absolute atomic E-state index is 0.0826. The average molecular weight is 364 g/mol. The highest BCUT2D eigenvalue weighted by Gasteiger charge is 2.30. The van der Waals surface area contributed by atoms with E-state index in [2.05, 4.69) is 10.3 Å². The molecule has 0 unspecified atom stereocenters. The van der Waals surface area contributed by atoms with Crippen LogP contribution in [0, 0.1) is 0 Å². The molecule has 0 saturated carbocycles. The second kappa shape index (κ2) is 6.59. The third kappa shape index (κ3) is 4.25. The highest BCUT2D eigenvalue weighted by molar-refractivity contribution is 6.31. The number of likely N-dealkylation sites (tertiary alicyclic amines) is 1. The number of nitrogens with one attached hydrogen (secondary N) is 2. The van der Waals surface area contributed by atoms with E-state index in [4.69, 9.17) is 16.3 Å². The van der Waals surface area contributed by atoms with E-state index in [1.165, 1.54) is 0 Å². The van der Waals surface area contributed by atoms with Gasteiger partial charge >= 0.3 is 6.09 Å². The molecule has 1 aromatic heterocycles. The number of halogens is 1. The van der Waals surface area contributed by atoms with Gasteiger partial charge in [-0.05, 0) is 51.5 Å². The van der Waals surface area contributed by atoms with Gasteiger partial charge in [-0.2, -0.15) is 0 Å². The summed E-state index contributed by atoms with van der Waals surface area (Å²) in [6.07, 6.45) is 0.254. The SMILES string of the molecule is CC(C)(C)OC(=O)N[C@@H]1CCN(C(=O)c2cc3cc(Cl)ccc3[nH]2)C1. The van der Waals surface area contributed by atoms with Crippen LogP contribution in [0.4, 0.5) is 4.79 Å². The van der Waals surface area contributed by atoms with Crippen LogP contribution in [0.3, 0.4) is 0 Å². The van der Waals surface area contributed by atoms with Gasteiger partial charge in [-0.15, -0.1) is 0 Å². The fourth-order valence-electron chi connectivity index (χ4n) is 2.93. The molecule has 2 aromatic rings. The lowest BCUT2D eigenvalue weighted by Crippen LogP contribution is -2.41. The Morgan fingerprint density at radius 1 is 1.32 bits per heavy atom. The van der Waals surface area contributed by atoms with Crippen LogP contribution in [-0.2, 0) is 4.74 Å². The summed E-state index contributed by atoms with van der Waals surface area (Å²) in [7, 11) is 0. The van der Waals surface area contributed by atoms with Gasteiger partial charge in [-0.3, -0.25) is 4.79 Å². The molecule has 1 fully saturated rings. The molecule has 1 aromatic carbocycles. The quantitative estimate of drug-likeness (QED) is 0.856. The van der Waals surface area contributed by atoms with Crippen LogP contribution < -0.4 is 5.32 Å². The number of aromatic nitrogens is 1. The van der Waals surface area contributed by atoms with E-state index in [9.17, 15) is 9.59 Å². The van der Waals surface area contributed by atoms with Gasteiger partial charge in [0.25, 0.3) is 5.91 Å². The van der Waals surface area contributed by atoms with Gasteiger partial charge in [-0.25, -0.2) is 4.79 Å². The highest BCUT2D eigenvalue weighted by atomic mass is 35.5. The first-order valence-corrected chi connectivity index (χ1v) is 8.66. The zero-order valence-electron chi connectivity index (χ0n) is 14.6. The Kier molecular flexibility index (Phi) is 4.64. The number of carbonyl (C=O) groups excluding carboxylic acids is 2. The lowest BCUT2D eigenvalue weighted by molar-refractivity contribution is 0.0502. The zero-order chi connectivity index (χ0) is 18.2. The molecule has 25 heavy (non-hydrogen) atoms. The van der Waals surface area contributed by atoms with Crippen molar-refractivity contribution in [1.82, 2.24) is 15.2 Å². The van der Waals surface area contributed by atoms with Gasteiger partial charge in [0, 0.05) is 29.0 Å². The second-order valence-corrected chi connectivity index (χ2v) is 7.73. The van der Waals surface area contributed by atoms with Crippen LogP contribution in [0.5, 0.6) is 0 Å². The molecule has 2 heterocycles. The number of H-pyrrole nitrogens is 1. The van der Waals surface area contributed by atoms with Crippen molar-refractivity contribution in [3.63, 3.8) is 0 Å². The topological polar surface area (TPSA) is 74.4 Å². The number of nitrogens with zero attached hydrogens (tertiary/aromatic N) is 1. The van der Waals surface area contributed by atoms with Gasteiger partial charge in [0.2, 0.25) is 0 Å². The van der Waals surface area contributed by atoms with E-state index in [1.54, 1.807) is 17.0 Å². The Labute approximate surface area is 151 Å². The molecule has 0 radical (unpaired) electrons. The summed E-state index contributed by atoms with van der Waals surface area (Å²) in [6.45, 7) is 6.52. The predicted octanol–water partition coefficient (Wildman–Crippen LogP) is 3.56. The summed E-state index contributed by atoms with van der Waals surface area (Å²) in [6, 6.07) is 7.16. The number of amides is 2. The monoisotopic (exact) mass is 363 g/mol. The van der Waals surface area contributed by atoms with Crippen molar-refractivity contribution in [3.8, 4) is 0 Å².